The number of fused-ring (bicyclic) bond motifs is 2. The summed E-state index contributed by atoms with van der Waals surface area (Å²) in [5.41, 5.74) is 4.19. The fourth-order valence-electron chi connectivity index (χ4n) is 3.38. The number of hydrogen-bond donors (Lipinski definition) is 2. The highest BCUT2D eigenvalue weighted by atomic mass is 35.5. The summed E-state index contributed by atoms with van der Waals surface area (Å²) >= 11 is 6.05. The molecule has 6 heteroatoms. The van der Waals surface area contributed by atoms with Gasteiger partial charge in [-0.15, -0.1) is 0 Å². The van der Waals surface area contributed by atoms with Crippen LogP contribution in [0.15, 0.2) is 30.3 Å². The lowest BCUT2D eigenvalue weighted by atomic mass is 9.97. The fraction of sp³-hybridized carbons (Fsp3) is 0.316. The molecule has 0 aliphatic carbocycles. The van der Waals surface area contributed by atoms with E-state index in [0.29, 0.717) is 36.9 Å². The van der Waals surface area contributed by atoms with E-state index in [4.69, 9.17) is 21.1 Å². The van der Waals surface area contributed by atoms with Crippen LogP contribution in [0.1, 0.15) is 16.7 Å². The lowest BCUT2D eigenvalue weighted by Gasteiger charge is -2.14. The highest BCUT2D eigenvalue weighted by Gasteiger charge is 2.26. The molecule has 2 aromatic rings. The number of hydrogen-bond acceptors (Lipinski definition) is 3. The Kier molecular flexibility index (Phi) is 4.40. The zero-order chi connectivity index (χ0) is 17.2. The second kappa shape index (κ2) is 6.84. The molecular weight excluding hydrogens is 340 g/mol. The Morgan fingerprint density at radius 2 is 2.00 bits per heavy atom. The zero-order valence-corrected chi connectivity index (χ0v) is 14.5. The van der Waals surface area contributed by atoms with Crippen molar-refractivity contribution in [3.8, 4) is 11.5 Å². The minimum atomic E-state index is -0.269. The van der Waals surface area contributed by atoms with Crippen LogP contribution >= 0.6 is 11.6 Å². The molecule has 0 aromatic heterocycles. The average molecular weight is 359 g/mol. The van der Waals surface area contributed by atoms with E-state index in [0.717, 1.165) is 24.3 Å². The molecule has 2 N–H and O–H groups in total. The Morgan fingerprint density at radius 3 is 2.88 bits per heavy atom. The highest BCUT2D eigenvalue weighted by molar-refractivity contribution is 6.33. The van der Waals surface area contributed by atoms with Crippen LogP contribution in [-0.2, 0) is 19.3 Å². The molecule has 0 atom stereocenters. The van der Waals surface area contributed by atoms with E-state index in [1.807, 2.05) is 12.1 Å². The Labute approximate surface area is 151 Å². The third kappa shape index (κ3) is 3.24. The first-order valence-electron chi connectivity index (χ1n) is 8.45. The molecular formula is C19H19ClN2O3. The normalized spacial score (nSPS) is 14.3. The van der Waals surface area contributed by atoms with Crippen LogP contribution in [0, 0.1) is 0 Å². The van der Waals surface area contributed by atoms with Gasteiger partial charge < -0.3 is 20.1 Å². The van der Waals surface area contributed by atoms with Gasteiger partial charge in [-0.1, -0.05) is 23.7 Å². The molecule has 0 saturated carbocycles. The van der Waals surface area contributed by atoms with Crippen LogP contribution in [0.2, 0.25) is 5.02 Å². The number of carbonyl (C=O) groups is 1. The van der Waals surface area contributed by atoms with E-state index in [9.17, 15) is 4.79 Å². The predicted octanol–water partition coefficient (Wildman–Crippen LogP) is 3.57. The summed E-state index contributed by atoms with van der Waals surface area (Å²) in [4.78, 5) is 12.1. The Morgan fingerprint density at radius 1 is 1.16 bits per heavy atom. The van der Waals surface area contributed by atoms with Gasteiger partial charge in [0.25, 0.3) is 0 Å². The van der Waals surface area contributed by atoms with E-state index >= 15 is 0 Å². The largest absolute Gasteiger partial charge is 0.493 e. The third-order valence-corrected chi connectivity index (χ3v) is 4.87. The Hall–Kier alpha value is -2.40. The number of nitrogens with one attached hydrogen (secondary N) is 2. The first kappa shape index (κ1) is 16.1. The number of urea groups is 1. The molecule has 5 nitrogen and oxygen atoms in total. The van der Waals surface area contributed by atoms with Crippen LogP contribution in [-0.4, -0.2) is 25.8 Å². The van der Waals surface area contributed by atoms with Gasteiger partial charge in [0, 0.05) is 36.1 Å². The summed E-state index contributed by atoms with van der Waals surface area (Å²) < 4.78 is 11.5. The summed E-state index contributed by atoms with van der Waals surface area (Å²) in [7, 11) is 0. The van der Waals surface area contributed by atoms with E-state index in [1.54, 1.807) is 12.1 Å². The molecule has 0 fully saturated rings. The SMILES string of the molecule is O=C(NCCc1c2c(cc3c1OCC3)OCC2)Nc1ccccc1Cl. The summed E-state index contributed by atoms with van der Waals surface area (Å²) in [6.45, 7) is 1.94. The quantitative estimate of drug-likeness (QED) is 0.878. The summed E-state index contributed by atoms with van der Waals surface area (Å²) in [6, 6.07) is 9.00. The molecule has 0 unspecified atom stereocenters. The number of benzene rings is 2. The molecule has 2 aliphatic heterocycles. The number of rotatable bonds is 4. The van der Waals surface area contributed by atoms with Crippen molar-refractivity contribution in [2.75, 3.05) is 25.1 Å². The summed E-state index contributed by atoms with van der Waals surface area (Å²) in [5.74, 6) is 1.96. The van der Waals surface area contributed by atoms with Crippen molar-refractivity contribution in [1.82, 2.24) is 5.32 Å². The van der Waals surface area contributed by atoms with Gasteiger partial charge in [0.05, 0.1) is 23.9 Å². The molecule has 2 aliphatic rings. The molecule has 2 aromatic carbocycles. The second-order valence-electron chi connectivity index (χ2n) is 6.13. The first-order chi connectivity index (χ1) is 12.2. The summed E-state index contributed by atoms with van der Waals surface area (Å²) in [6.07, 6.45) is 2.53. The van der Waals surface area contributed by atoms with Crippen LogP contribution in [0.25, 0.3) is 0 Å². The Bertz CT molecular complexity index is 790. The predicted molar refractivity (Wildman–Crippen MR) is 97.0 cm³/mol. The standard InChI is InChI=1S/C19H19ClN2O3/c20-15-3-1-2-4-16(15)22-19(23)21-8-5-14-13-7-10-24-17(13)11-12-6-9-25-18(12)14/h1-4,11H,5-10H2,(H2,21,22,23). The van der Waals surface area contributed by atoms with E-state index in [2.05, 4.69) is 16.7 Å². The molecule has 2 amide bonds. The van der Waals surface area contributed by atoms with Gasteiger partial charge in [0.2, 0.25) is 0 Å². The van der Waals surface area contributed by atoms with Crippen LogP contribution < -0.4 is 20.1 Å². The monoisotopic (exact) mass is 358 g/mol. The van der Waals surface area contributed by atoms with Gasteiger partial charge in [0.1, 0.15) is 11.5 Å². The number of amides is 2. The van der Waals surface area contributed by atoms with Gasteiger partial charge in [-0.25, -0.2) is 4.79 Å². The van der Waals surface area contributed by atoms with Crippen LogP contribution in [0.4, 0.5) is 10.5 Å². The molecule has 2 heterocycles. The fourth-order valence-corrected chi connectivity index (χ4v) is 3.56. The van der Waals surface area contributed by atoms with Gasteiger partial charge in [-0.05, 0) is 24.6 Å². The number of carbonyl (C=O) groups excluding carboxylic acids is 1. The third-order valence-electron chi connectivity index (χ3n) is 4.54. The minimum absolute atomic E-state index is 0.269. The van der Waals surface area contributed by atoms with Crippen molar-refractivity contribution in [2.45, 2.75) is 19.3 Å². The van der Waals surface area contributed by atoms with Crippen LogP contribution in [0.3, 0.4) is 0 Å². The maximum atomic E-state index is 12.1. The molecule has 130 valence electrons. The van der Waals surface area contributed by atoms with Crippen molar-refractivity contribution < 1.29 is 14.3 Å². The lowest BCUT2D eigenvalue weighted by molar-refractivity contribution is 0.252. The number of halogens is 1. The van der Waals surface area contributed by atoms with Crippen LogP contribution in [0.5, 0.6) is 11.5 Å². The first-order valence-corrected chi connectivity index (χ1v) is 8.83. The maximum Gasteiger partial charge on any atom is 0.319 e. The average Bonchev–Trinajstić information content (AvgIpc) is 3.25. The highest BCUT2D eigenvalue weighted by Crippen LogP contribution is 2.40. The van der Waals surface area contributed by atoms with Crippen molar-refractivity contribution in [3.63, 3.8) is 0 Å². The number of anilines is 1. The lowest BCUT2D eigenvalue weighted by Crippen LogP contribution is -2.30. The molecule has 0 spiro atoms. The van der Waals surface area contributed by atoms with Gasteiger partial charge in [-0.3, -0.25) is 0 Å². The van der Waals surface area contributed by atoms with Crippen molar-refractivity contribution in [1.29, 1.82) is 0 Å². The molecule has 4 rings (SSSR count). The van der Waals surface area contributed by atoms with Crippen molar-refractivity contribution in [3.05, 3.63) is 52.0 Å². The number of ether oxygens (including phenoxy) is 2. The van der Waals surface area contributed by atoms with E-state index < -0.39 is 0 Å². The molecule has 0 radical (unpaired) electrons. The molecule has 0 bridgehead atoms. The smallest absolute Gasteiger partial charge is 0.319 e. The van der Waals surface area contributed by atoms with E-state index in [-0.39, 0.29) is 6.03 Å². The molecule has 25 heavy (non-hydrogen) atoms. The van der Waals surface area contributed by atoms with Gasteiger partial charge in [-0.2, -0.15) is 0 Å². The Balaban J connectivity index is 1.41. The summed E-state index contributed by atoms with van der Waals surface area (Å²) in [5, 5.41) is 6.16. The van der Waals surface area contributed by atoms with Crippen molar-refractivity contribution in [2.24, 2.45) is 0 Å². The topological polar surface area (TPSA) is 59.6 Å². The van der Waals surface area contributed by atoms with Gasteiger partial charge in [0.15, 0.2) is 0 Å². The molecule has 0 saturated heterocycles. The maximum absolute atomic E-state index is 12.1. The van der Waals surface area contributed by atoms with Crippen molar-refractivity contribution >= 4 is 23.3 Å². The number of para-hydroxylation sites is 1. The van der Waals surface area contributed by atoms with Gasteiger partial charge >= 0.3 is 6.03 Å². The van der Waals surface area contributed by atoms with E-state index in [1.165, 1.54) is 16.7 Å². The minimum Gasteiger partial charge on any atom is -0.493 e. The second-order valence-corrected chi connectivity index (χ2v) is 6.53. The zero-order valence-electron chi connectivity index (χ0n) is 13.7.